The summed E-state index contributed by atoms with van der Waals surface area (Å²) in [6, 6.07) is 15.8. The van der Waals surface area contributed by atoms with Gasteiger partial charge in [0.25, 0.3) is 0 Å². The minimum atomic E-state index is -0.875. The van der Waals surface area contributed by atoms with E-state index in [9.17, 15) is 4.79 Å². The lowest BCUT2D eigenvalue weighted by Crippen LogP contribution is -2.28. The molecule has 0 aromatic heterocycles. The predicted octanol–water partition coefficient (Wildman–Crippen LogP) is 3.98. The second kappa shape index (κ2) is 6.80. The number of aromatic carboxylic acids is 1. The largest absolute Gasteiger partial charge is 0.478 e. The lowest BCUT2D eigenvalue weighted by atomic mass is 9.98. The van der Waals surface area contributed by atoms with E-state index in [0.717, 1.165) is 31.6 Å². The van der Waals surface area contributed by atoms with Crippen molar-refractivity contribution in [1.29, 1.82) is 0 Å². The minimum absolute atomic E-state index is 0.342. The third kappa shape index (κ3) is 3.88. The van der Waals surface area contributed by atoms with E-state index in [-0.39, 0.29) is 0 Å². The summed E-state index contributed by atoms with van der Waals surface area (Å²) in [5.74, 6) is -0.875. The third-order valence-corrected chi connectivity index (χ3v) is 4.29. The van der Waals surface area contributed by atoms with Gasteiger partial charge < -0.3 is 5.11 Å². The molecule has 23 heavy (non-hydrogen) atoms. The molecule has 0 aliphatic carbocycles. The molecule has 1 aliphatic rings. The lowest BCUT2D eigenvalue weighted by Gasteiger charge is -2.26. The molecule has 0 unspecified atom stereocenters. The van der Waals surface area contributed by atoms with Gasteiger partial charge in [0.15, 0.2) is 0 Å². The highest BCUT2D eigenvalue weighted by molar-refractivity contribution is 5.87. The van der Waals surface area contributed by atoms with E-state index in [1.54, 1.807) is 12.1 Å². The maximum atomic E-state index is 10.9. The molecule has 3 nitrogen and oxygen atoms in total. The second-order valence-corrected chi connectivity index (χ2v) is 6.09. The normalized spacial score (nSPS) is 15.3. The Kier molecular flexibility index (Phi) is 4.58. The number of aryl methyl sites for hydroxylation is 1. The fourth-order valence-corrected chi connectivity index (χ4v) is 2.97. The maximum Gasteiger partial charge on any atom is 0.335 e. The van der Waals surface area contributed by atoms with Crippen molar-refractivity contribution in [2.24, 2.45) is 0 Å². The van der Waals surface area contributed by atoms with Gasteiger partial charge in [-0.25, -0.2) is 4.79 Å². The van der Waals surface area contributed by atoms with Gasteiger partial charge in [0, 0.05) is 19.6 Å². The van der Waals surface area contributed by atoms with E-state index in [1.807, 2.05) is 12.1 Å². The molecule has 0 radical (unpaired) electrons. The summed E-state index contributed by atoms with van der Waals surface area (Å²) in [5, 5.41) is 8.94. The molecule has 0 bridgehead atoms. The minimum Gasteiger partial charge on any atom is -0.478 e. The van der Waals surface area contributed by atoms with Gasteiger partial charge in [0.2, 0.25) is 0 Å². The van der Waals surface area contributed by atoms with Crippen molar-refractivity contribution in [2.75, 3.05) is 13.1 Å². The van der Waals surface area contributed by atoms with Gasteiger partial charge in [0.1, 0.15) is 0 Å². The summed E-state index contributed by atoms with van der Waals surface area (Å²) in [5.41, 5.74) is 5.54. The quantitative estimate of drug-likeness (QED) is 0.928. The molecular formula is C20H21NO2. The average Bonchev–Trinajstić information content (AvgIpc) is 2.56. The van der Waals surface area contributed by atoms with Gasteiger partial charge in [0.05, 0.1) is 5.56 Å². The van der Waals surface area contributed by atoms with Crippen LogP contribution in [0.1, 0.15) is 33.5 Å². The third-order valence-electron chi connectivity index (χ3n) is 4.29. The van der Waals surface area contributed by atoms with Crippen LogP contribution in [0.3, 0.4) is 0 Å². The number of carboxylic acid groups (broad SMARTS) is 1. The Bertz CT molecular complexity index is 732. The Morgan fingerprint density at radius 1 is 1.17 bits per heavy atom. The highest BCUT2D eigenvalue weighted by Gasteiger charge is 2.13. The Hall–Kier alpha value is -2.39. The van der Waals surface area contributed by atoms with Crippen molar-refractivity contribution in [3.63, 3.8) is 0 Å². The van der Waals surface area contributed by atoms with Crippen molar-refractivity contribution < 1.29 is 9.90 Å². The van der Waals surface area contributed by atoms with Crippen LogP contribution in [0.2, 0.25) is 0 Å². The predicted molar refractivity (Wildman–Crippen MR) is 92.5 cm³/mol. The van der Waals surface area contributed by atoms with Crippen molar-refractivity contribution in [2.45, 2.75) is 19.9 Å². The van der Waals surface area contributed by atoms with E-state index in [4.69, 9.17) is 5.11 Å². The lowest BCUT2D eigenvalue weighted by molar-refractivity contribution is 0.0697. The van der Waals surface area contributed by atoms with Crippen LogP contribution < -0.4 is 0 Å². The number of carboxylic acids is 1. The van der Waals surface area contributed by atoms with E-state index in [2.05, 4.69) is 42.2 Å². The van der Waals surface area contributed by atoms with Gasteiger partial charge in [-0.3, -0.25) is 4.90 Å². The van der Waals surface area contributed by atoms with Crippen LogP contribution in [0, 0.1) is 6.92 Å². The van der Waals surface area contributed by atoms with Gasteiger partial charge in [-0.15, -0.1) is 0 Å². The molecule has 0 spiro atoms. The number of hydrogen-bond acceptors (Lipinski definition) is 2. The molecule has 2 aromatic rings. The number of rotatable bonds is 4. The summed E-state index contributed by atoms with van der Waals surface area (Å²) in [4.78, 5) is 13.3. The van der Waals surface area contributed by atoms with Crippen molar-refractivity contribution in [1.82, 2.24) is 4.90 Å². The molecule has 1 heterocycles. The van der Waals surface area contributed by atoms with Crippen LogP contribution in [-0.4, -0.2) is 29.1 Å². The standard InChI is InChI=1S/C20H21NO2/c1-15-3-2-4-19(13-15)17-9-11-21(12-10-17)14-16-5-7-18(8-6-16)20(22)23/h2-9,13H,10-12,14H2,1H3,(H,22,23). The number of carbonyl (C=O) groups is 1. The van der Waals surface area contributed by atoms with Crippen LogP contribution in [0.15, 0.2) is 54.6 Å². The van der Waals surface area contributed by atoms with Crippen LogP contribution >= 0.6 is 0 Å². The van der Waals surface area contributed by atoms with Crippen LogP contribution in [0.5, 0.6) is 0 Å². The summed E-state index contributed by atoms with van der Waals surface area (Å²) < 4.78 is 0. The first-order chi connectivity index (χ1) is 11.1. The molecule has 3 rings (SSSR count). The monoisotopic (exact) mass is 307 g/mol. The molecular weight excluding hydrogens is 286 g/mol. The Morgan fingerprint density at radius 2 is 1.96 bits per heavy atom. The average molecular weight is 307 g/mol. The fraction of sp³-hybridized carbons (Fsp3) is 0.250. The molecule has 1 aliphatic heterocycles. The number of benzene rings is 2. The van der Waals surface area contributed by atoms with Crippen LogP contribution in [-0.2, 0) is 6.54 Å². The Morgan fingerprint density at radius 3 is 2.57 bits per heavy atom. The molecule has 0 amide bonds. The molecule has 2 aromatic carbocycles. The molecule has 0 fully saturated rings. The topological polar surface area (TPSA) is 40.5 Å². The van der Waals surface area contributed by atoms with Gasteiger partial charge >= 0.3 is 5.97 Å². The van der Waals surface area contributed by atoms with Crippen molar-refractivity contribution in [3.05, 3.63) is 76.9 Å². The van der Waals surface area contributed by atoms with E-state index >= 15 is 0 Å². The first kappa shape index (κ1) is 15.5. The SMILES string of the molecule is Cc1cccc(C2=CCN(Cc3ccc(C(=O)O)cc3)CC2)c1. The molecule has 3 heteroatoms. The van der Waals surface area contributed by atoms with Crippen LogP contribution in [0.25, 0.3) is 5.57 Å². The zero-order valence-electron chi connectivity index (χ0n) is 13.3. The molecule has 0 saturated carbocycles. The van der Waals surface area contributed by atoms with Crippen LogP contribution in [0.4, 0.5) is 0 Å². The first-order valence-electron chi connectivity index (χ1n) is 7.92. The molecule has 118 valence electrons. The van der Waals surface area contributed by atoms with Gasteiger partial charge in [-0.1, -0.05) is 48.0 Å². The highest BCUT2D eigenvalue weighted by Crippen LogP contribution is 2.23. The first-order valence-corrected chi connectivity index (χ1v) is 7.92. The smallest absolute Gasteiger partial charge is 0.335 e. The Labute approximate surface area is 136 Å². The van der Waals surface area contributed by atoms with Gasteiger partial charge in [-0.2, -0.15) is 0 Å². The van der Waals surface area contributed by atoms with Gasteiger partial charge in [-0.05, 0) is 42.2 Å². The van der Waals surface area contributed by atoms with E-state index < -0.39 is 5.97 Å². The highest BCUT2D eigenvalue weighted by atomic mass is 16.4. The van der Waals surface area contributed by atoms with Crippen molar-refractivity contribution in [3.8, 4) is 0 Å². The zero-order chi connectivity index (χ0) is 16.2. The summed E-state index contributed by atoms with van der Waals surface area (Å²) >= 11 is 0. The Balaban J connectivity index is 1.63. The number of hydrogen-bond donors (Lipinski definition) is 1. The second-order valence-electron chi connectivity index (χ2n) is 6.09. The maximum absolute atomic E-state index is 10.9. The summed E-state index contributed by atoms with van der Waals surface area (Å²) in [6.45, 7) is 4.95. The van der Waals surface area contributed by atoms with E-state index in [0.29, 0.717) is 5.56 Å². The number of nitrogens with zero attached hydrogens (tertiary/aromatic N) is 1. The molecule has 0 saturated heterocycles. The summed E-state index contributed by atoms with van der Waals surface area (Å²) in [7, 11) is 0. The van der Waals surface area contributed by atoms with Crippen molar-refractivity contribution >= 4 is 11.5 Å². The van der Waals surface area contributed by atoms with E-state index in [1.165, 1.54) is 16.7 Å². The summed E-state index contributed by atoms with van der Waals surface area (Å²) in [6.07, 6.45) is 3.36. The zero-order valence-corrected chi connectivity index (χ0v) is 13.3. The fourth-order valence-electron chi connectivity index (χ4n) is 2.97. The molecule has 0 atom stereocenters. The molecule has 1 N–H and O–H groups in total.